The van der Waals surface area contributed by atoms with Gasteiger partial charge < -0.3 is 5.41 Å². The quantitative estimate of drug-likeness (QED) is 0.783. The van der Waals surface area contributed by atoms with Crippen LogP contribution in [-0.2, 0) is 12.6 Å². The van der Waals surface area contributed by atoms with Crippen LogP contribution >= 0.6 is 0 Å². The zero-order chi connectivity index (χ0) is 14.6. The topological polar surface area (TPSA) is 23.9 Å². The van der Waals surface area contributed by atoms with Crippen molar-refractivity contribution < 1.29 is 13.2 Å². The minimum atomic E-state index is -4.33. The van der Waals surface area contributed by atoms with Crippen LogP contribution in [0.2, 0.25) is 0 Å². The van der Waals surface area contributed by atoms with Crippen molar-refractivity contribution in [3.05, 3.63) is 71.3 Å². The molecule has 20 heavy (non-hydrogen) atoms. The molecular weight excluding hydrogens is 263 g/mol. The monoisotopic (exact) mass is 277 g/mol. The highest BCUT2D eigenvalue weighted by Gasteiger charge is 2.29. The summed E-state index contributed by atoms with van der Waals surface area (Å²) in [4.78, 5) is 0. The molecule has 0 saturated heterocycles. The maximum absolute atomic E-state index is 12.4. The smallest absolute Gasteiger partial charge is 0.305 e. The molecule has 2 aromatic rings. The second-order valence-electron chi connectivity index (χ2n) is 4.54. The Bertz CT molecular complexity index is 571. The standard InChI is InChI=1S/C16H14F3N/c17-16(18,19)14-9-7-13(8-10-14)15(20)11-6-12-4-2-1-3-5-12/h1-5,7-10,20H,6,11H2. The molecular formula is C16H14F3N. The molecule has 4 heteroatoms. The molecule has 0 atom stereocenters. The summed E-state index contributed by atoms with van der Waals surface area (Å²) in [6, 6.07) is 14.5. The van der Waals surface area contributed by atoms with Crippen molar-refractivity contribution in [3.8, 4) is 0 Å². The van der Waals surface area contributed by atoms with Crippen LogP contribution in [0, 0.1) is 5.41 Å². The van der Waals surface area contributed by atoms with Crippen molar-refractivity contribution in [3.63, 3.8) is 0 Å². The van der Waals surface area contributed by atoms with E-state index in [-0.39, 0.29) is 0 Å². The van der Waals surface area contributed by atoms with Gasteiger partial charge in [0.2, 0.25) is 0 Å². The Morgan fingerprint density at radius 1 is 0.900 bits per heavy atom. The lowest BCUT2D eigenvalue weighted by Crippen LogP contribution is -2.06. The summed E-state index contributed by atoms with van der Waals surface area (Å²) < 4.78 is 37.3. The van der Waals surface area contributed by atoms with Gasteiger partial charge in [-0.15, -0.1) is 0 Å². The molecule has 0 spiro atoms. The number of alkyl halides is 3. The predicted octanol–water partition coefficient (Wildman–Crippen LogP) is 4.71. The van der Waals surface area contributed by atoms with Crippen molar-refractivity contribution in [2.24, 2.45) is 0 Å². The first-order chi connectivity index (χ1) is 9.47. The van der Waals surface area contributed by atoms with Crippen LogP contribution in [0.3, 0.4) is 0 Å². The Hall–Kier alpha value is -2.10. The maximum atomic E-state index is 12.4. The van der Waals surface area contributed by atoms with Gasteiger partial charge in [-0.25, -0.2) is 0 Å². The van der Waals surface area contributed by atoms with Gasteiger partial charge in [-0.3, -0.25) is 0 Å². The Balaban J connectivity index is 1.99. The fourth-order valence-electron chi connectivity index (χ4n) is 1.92. The van der Waals surface area contributed by atoms with Crippen LogP contribution in [0.15, 0.2) is 54.6 Å². The summed E-state index contributed by atoms with van der Waals surface area (Å²) in [5.41, 5.74) is 1.32. The van der Waals surface area contributed by atoms with Gasteiger partial charge in [0.1, 0.15) is 0 Å². The summed E-state index contributed by atoms with van der Waals surface area (Å²) in [5.74, 6) is 0. The Kier molecular flexibility index (Phi) is 4.23. The molecule has 0 fully saturated rings. The lowest BCUT2D eigenvalue weighted by Gasteiger charge is -2.08. The van der Waals surface area contributed by atoms with Crippen LogP contribution in [0.5, 0.6) is 0 Å². The third kappa shape index (κ3) is 3.70. The van der Waals surface area contributed by atoms with E-state index in [1.165, 1.54) is 12.1 Å². The van der Waals surface area contributed by atoms with Crippen molar-refractivity contribution in [2.75, 3.05) is 0 Å². The average Bonchev–Trinajstić information content (AvgIpc) is 2.45. The molecule has 0 bridgehead atoms. The van der Waals surface area contributed by atoms with Gasteiger partial charge in [0, 0.05) is 5.71 Å². The SMILES string of the molecule is N=C(CCc1ccccc1)c1ccc(C(F)(F)F)cc1. The summed E-state index contributed by atoms with van der Waals surface area (Å²) in [5, 5.41) is 7.92. The number of rotatable bonds is 4. The largest absolute Gasteiger partial charge is 0.416 e. The van der Waals surface area contributed by atoms with Crippen molar-refractivity contribution >= 4 is 5.71 Å². The van der Waals surface area contributed by atoms with E-state index in [4.69, 9.17) is 5.41 Å². The van der Waals surface area contributed by atoms with Gasteiger partial charge in [0.05, 0.1) is 5.56 Å². The van der Waals surface area contributed by atoms with E-state index in [9.17, 15) is 13.2 Å². The van der Waals surface area contributed by atoms with Crippen molar-refractivity contribution in [2.45, 2.75) is 19.0 Å². The highest BCUT2D eigenvalue weighted by Crippen LogP contribution is 2.29. The average molecular weight is 277 g/mol. The highest BCUT2D eigenvalue weighted by molar-refractivity contribution is 5.98. The lowest BCUT2D eigenvalue weighted by molar-refractivity contribution is -0.137. The predicted molar refractivity (Wildman–Crippen MR) is 73.0 cm³/mol. The molecule has 0 aliphatic heterocycles. The second kappa shape index (κ2) is 5.90. The third-order valence-electron chi connectivity index (χ3n) is 3.07. The van der Waals surface area contributed by atoms with Crippen LogP contribution in [-0.4, -0.2) is 5.71 Å². The first-order valence-corrected chi connectivity index (χ1v) is 6.26. The number of hydrogen-bond donors (Lipinski definition) is 1. The number of aryl methyl sites for hydroxylation is 1. The molecule has 0 aliphatic rings. The molecule has 0 saturated carbocycles. The lowest BCUT2D eigenvalue weighted by atomic mass is 10.0. The van der Waals surface area contributed by atoms with E-state index in [1.54, 1.807) is 0 Å². The van der Waals surface area contributed by atoms with Gasteiger partial charge in [0.15, 0.2) is 0 Å². The van der Waals surface area contributed by atoms with E-state index >= 15 is 0 Å². The summed E-state index contributed by atoms with van der Waals surface area (Å²) in [7, 11) is 0. The first kappa shape index (κ1) is 14.3. The fourth-order valence-corrected chi connectivity index (χ4v) is 1.92. The summed E-state index contributed by atoms with van der Waals surface area (Å²) in [6.07, 6.45) is -3.11. The number of nitrogens with one attached hydrogen (secondary N) is 1. The zero-order valence-corrected chi connectivity index (χ0v) is 10.7. The molecule has 0 unspecified atom stereocenters. The molecule has 0 aliphatic carbocycles. The molecule has 2 rings (SSSR count). The molecule has 104 valence electrons. The van der Waals surface area contributed by atoms with Crippen LogP contribution in [0.25, 0.3) is 0 Å². The van der Waals surface area contributed by atoms with Gasteiger partial charge in [0.25, 0.3) is 0 Å². The third-order valence-corrected chi connectivity index (χ3v) is 3.07. The van der Waals surface area contributed by atoms with E-state index in [0.717, 1.165) is 17.7 Å². The van der Waals surface area contributed by atoms with E-state index in [2.05, 4.69) is 0 Å². The van der Waals surface area contributed by atoms with Gasteiger partial charge >= 0.3 is 6.18 Å². The Labute approximate surface area is 115 Å². The van der Waals surface area contributed by atoms with Crippen LogP contribution in [0.4, 0.5) is 13.2 Å². The molecule has 2 aromatic carbocycles. The minimum Gasteiger partial charge on any atom is -0.305 e. The second-order valence-corrected chi connectivity index (χ2v) is 4.54. The summed E-state index contributed by atoms with van der Waals surface area (Å²) in [6.45, 7) is 0. The van der Waals surface area contributed by atoms with Gasteiger partial charge in [-0.1, -0.05) is 42.5 Å². The van der Waals surface area contributed by atoms with Gasteiger partial charge in [-0.05, 0) is 36.1 Å². The molecule has 0 radical (unpaired) electrons. The highest BCUT2D eigenvalue weighted by atomic mass is 19.4. The molecule has 0 amide bonds. The number of halogens is 3. The molecule has 1 N–H and O–H groups in total. The molecule has 0 heterocycles. The van der Waals surface area contributed by atoms with E-state index in [1.807, 2.05) is 30.3 Å². The normalized spacial score (nSPS) is 11.3. The molecule has 1 nitrogen and oxygen atoms in total. The Morgan fingerprint density at radius 3 is 2.05 bits per heavy atom. The zero-order valence-electron chi connectivity index (χ0n) is 10.7. The van der Waals surface area contributed by atoms with Crippen LogP contribution < -0.4 is 0 Å². The molecule has 0 aromatic heterocycles. The van der Waals surface area contributed by atoms with Crippen LogP contribution in [0.1, 0.15) is 23.1 Å². The van der Waals surface area contributed by atoms with Gasteiger partial charge in [-0.2, -0.15) is 13.2 Å². The van der Waals surface area contributed by atoms with E-state index < -0.39 is 11.7 Å². The number of benzene rings is 2. The Morgan fingerprint density at radius 2 is 1.50 bits per heavy atom. The van der Waals surface area contributed by atoms with Crippen molar-refractivity contribution in [1.82, 2.24) is 0 Å². The number of hydrogen-bond acceptors (Lipinski definition) is 1. The van der Waals surface area contributed by atoms with E-state index in [0.29, 0.717) is 24.1 Å². The first-order valence-electron chi connectivity index (χ1n) is 6.26. The van der Waals surface area contributed by atoms with Crippen molar-refractivity contribution in [1.29, 1.82) is 5.41 Å². The maximum Gasteiger partial charge on any atom is 0.416 e. The fraction of sp³-hybridized carbons (Fsp3) is 0.188. The summed E-state index contributed by atoms with van der Waals surface area (Å²) >= 11 is 0. The minimum absolute atomic E-state index is 0.350.